The molecular formula is C8H19N3. The molecule has 66 valence electrons. The van der Waals surface area contributed by atoms with E-state index in [1.165, 1.54) is 19.5 Å². The second-order valence-electron chi connectivity index (χ2n) is 3.21. The van der Waals surface area contributed by atoms with Gasteiger partial charge in [0.1, 0.15) is 0 Å². The molecule has 3 nitrogen and oxygen atoms in total. The summed E-state index contributed by atoms with van der Waals surface area (Å²) in [6.45, 7) is 5.43. The fourth-order valence-electron chi connectivity index (χ4n) is 1.42. The van der Waals surface area contributed by atoms with Crippen molar-refractivity contribution in [2.45, 2.75) is 12.8 Å². The third-order valence-corrected chi connectivity index (χ3v) is 2.15. The second-order valence-corrected chi connectivity index (χ2v) is 3.21. The Morgan fingerprint density at radius 3 is 3.09 bits per heavy atom. The molecule has 11 heavy (non-hydrogen) atoms. The summed E-state index contributed by atoms with van der Waals surface area (Å²) in [5, 5.41) is 6.76. The first-order valence-corrected chi connectivity index (χ1v) is 4.55. The highest BCUT2D eigenvalue weighted by Gasteiger charge is 2.12. The van der Waals surface area contributed by atoms with E-state index in [2.05, 4.69) is 10.6 Å². The van der Waals surface area contributed by atoms with E-state index in [0.29, 0.717) is 0 Å². The van der Waals surface area contributed by atoms with Crippen molar-refractivity contribution in [3.8, 4) is 0 Å². The lowest BCUT2D eigenvalue weighted by Crippen LogP contribution is -2.26. The highest BCUT2D eigenvalue weighted by atomic mass is 14.9. The van der Waals surface area contributed by atoms with Gasteiger partial charge >= 0.3 is 0 Å². The van der Waals surface area contributed by atoms with Gasteiger partial charge in [0.05, 0.1) is 0 Å². The Morgan fingerprint density at radius 1 is 1.55 bits per heavy atom. The molecule has 1 heterocycles. The zero-order chi connectivity index (χ0) is 7.94. The Kier molecular flexibility index (Phi) is 4.50. The molecule has 0 aromatic rings. The molecule has 1 fully saturated rings. The summed E-state index contributed by atoms with van der Waals surface area (Å²) in [5.41, 5.74) is 5.37. The normalized spacial score (nSPS) is 24.3. The zero-order valence-corrected chi connectivity index (χ0v) is 7.10. The van der Waals surface area contributed by atoms with Gasteiger partial charge in [0.25, 0.3) is 0 Å². The first-order valence-electron chi connectivity index (χ1n) is 4.55. The van der Waals surface area contributed by atoms with Crippen molar-refractivity contribution in [1.29, 1.82) is 0 Å². The van der Waals surface area contributed by atoms with Crippen LogP contribution in [0.25, 0.3) is 0 Å². The highest BCUT2D eigenvalue weighted by Crippen LogP contribution is 2.04. The smallest absolute Gasteiger partial charge is 0.000789 e. The molecule has 0 aromatic heterocycles. The maximum absolute atomic E-state index is 5.37. The van der Waals surface area contributed by atoms with Gasteiger partial charge in [-0.05, 0) is 51.5 Å². The van der Waals surface area contributed by atoms with Crippen LogP contribution in [-0.2, 0) is 0 Å². The van der Waals surface area contributed by atoms with Crippen molar-refractivity contribution < 1.29 is 0 Å². The van der Waals surface area contributed by atoms with Crippen LogP contribution in [0.15, 0.2) is 0 Å². The molecule has 1 atom stereocenters. The van der Waals surface area contributed by atoms with Crippen molar-refractivity contribution in [3.05, 3.63) is 0 Å². The Labute approximate surface area is 68.7 Å². The summed E-state index contributed by atoms with van der Waals surface area (Å²) in [6, 6.07) is 0. The van der Waals surface area contributed by atoms with E-state index in [9.17, 15) is 0 Å². The van der Waals surface area contributed by atoms with E-state index in [1.807, 2.05) is 0 Å². The van der Waals surface area contributed by atoms with Crippen LogP contribution in [0.3, 0.4) is 0 Å². The molecule has 0 spiro atoms. The van der Waals surface area contributed by atoms with Gasteiger partial charge in [0.2, 0.25) is 0 Å². The van der Waals surface area contributed by atoms with E-state index in [4.69, 9.17) is 5.73 Å². The lowest BCUT2D eigenvalue weighted by atomic mass is 10.1. The summed E-state index contributed by atoms with van der Waals surface area (Å²) in [4.78, 5) is 0. The fraction of sp³-hybridized carbons (Fsp3) is 1.00. The molecular weight excluding hydrogens is 138 g/mol. The van der Waals surface area contributed by atoms with E-state index >= 15 is 0 Å². The lowest BCUT2D eigenvalue weighted by molar-refractivity contribution is 0.509. The summed E-state index contributed by atoms with van der Waals surface area (Å²) in [7, 11) is 0. The van der Waals surface area contributed by atoms with Crippen molar-refractivity contribution in [2.24, 2.45) is 11.7 Å². The molecule has 0 bridgehead atoms. The maximum Gasteiger partial charge on any atom is -0.000789 e. The quantitative estimate of drug-likeness (QED) is 0.473. The molecule has 4 N–H and O–H groups in total. The average Bonchev–Trinajstić information content (AvgIpc) is 2.50. The van der Waals surface area contributed by atoms with Gasteiger partial charge in [-0.3, -0.25) is 0 Å². The minimum atomic E-state index is 0.802. The van der Waals surface area contributed by atoms with Crippen LogP contribution in [0.4, 0.5) is 0 Å². The summed E-state index contributed by atoms with van der Waals surface area (Å²) in [5.74, 6) is 0.854. The van der Waals surface area contributed by atoms with Gasteiger partial charge in [0, 0.05) is 0 Å². The van der Waals surface area contributed by atoms with E-state index < -0.39 is 0 Å². The Hall–Kier alpha value is -0.120. The standard InChI is InChI=1S/C8H19N3/c9-3-1-4-10-6-8-2-5-11-7-8/h8,10-11H,1-7,9H2. The monoisotopic (exact) mass is 157 g/mol. The number of hydrogen-bond donors (Lipinski definition) is 3. The van der Waals surface area contributed by atoms with Crippen LogP contribution >= 0.6 is 0 Å². The Balaban J connectivity index is 1.86. The van der Waals surface area contributed by atoms with Crippen LogP contribution in [-0.4, -0.2) is 32.7 Å². The zero-order valence-electron chi connectivity index (χ0n) is 7.10. The number of rotatable bonds is 5. The first-order chi connectivity index (χ1) is 5.43. The van der Waals surface area contributed by atoms with Crippen molar-refractivity contribution in [1.82, 2.24) is 10.6 Å². The molecule has 1 unspecified atom stereocenters. The highest BCUT2D eigenvalue weighted by molar-refractivity contribution is 4.72. The molecule has 0 saturated carbocycles. The minimum Gasteiger partial charge on any atom is -0.330 e. The predicted octanol–water partition coefficient (Wildman–Crippen LogP) is -0.466. The number of hydrogen-bond acceptors (Lipinski definition) is 3. The van der Waals surface area contributed by atoms with Gasteiger partial charge in [-0.1, -0.05) is 0 Å². The van der Waals surface area contributed by atoms with Crippen molar-refractivity contribution in [2.75, 3.05) is 32.7 Å². The van der Waals surface area contributed by atoms with E-state index in [1.54, 1.807) is 0 Å². The van der Waals surface area contributed by atoms with Gasteiger partial charge in [-0.15, -0.1) is 0 Å². The van der Waals surface area contributed by atoms with Crippen LogP contribution in [0.5, 0.6) is 0 Å². The lowest BCUT2D eigenvalue weighted by Gasteiger charge is -2.08. The largest absolute Gasteiger partial charge is 0.330 e. The molecule has 1 aliphatic heterocycles. The van der Waals surface area contributed by atoms with Crippen LogP contribution in [0.2, 0.25) is 0 Å². The molecule has 0 amide bonds. The third kappa shape index (κ3) is 3.70. The van der Waals surface area contributed by atoms with Gasteiger partial charge in [-0.2, -0.15) is 0 Å². The second kappa shape index (κ2) is 5.52. The average molecular weight is 157 g/mol. The van der Waals surface area contributed by atoms with Gasteiger partial charge < -0.3 is 16.4 Å². The van der Waals surface area contributed by atoms with E-state index in [0.717, 1.165) is 32.0 Å². The number of nitrogens with one attached hydrogen (secondary N) is 2. The van der Waals surface area contributed by atoms with Gasteiger partial charge in [-0.25, -0.2) is 0 Å². The first kappa shape index (κ1) is 8.97. The molecule has 1 aliphatic rings. The van der Waals surface area contributed by atoms with E-state index in [-0.39, 0.29) is 0 Å². The van der Waals surface area contributed by atoms with Crippen LogP contribution < -0.4 is 16.4 Å². The topological polar surface area (TPSA) is 50.1 Å². The van der Waals surface area contributed by atoms with Crippen molar-refractivity contribution in [3.63, 3.8) is 0 Å². The molecule has 0 radical (unpaired) electrons. The van der Waals surface area contributed by atoms with Gasteiger partial charge in [0.15, 0.2) is 0 Å². The van der Waals surface area contributed by atoms with Crippen LogP contribution in [0.1, 0.15) is 12.8 Å². The maximum atomic E-state index is 5.37. The SMILES string of the molecule is NCCCNCC1CCNC1. The third-order valence-electron chi connectivity index (χ3n) is 2.15. The Morgan fingerprint density at radius 2 is 2.45 bits per heavy atom. The van der Waals surface area contributed by atoms with Crippen molar-refractivity contribution >= 4 is 0 Å². The van der Waals surface area contributed by atoms with Crippen LogP contribution in [0, 0.1) is 5.92 Å². The molecule has 0 aromatic carbocycles. The number of nitrogens with two attached hydrogens (primary N) is 1. The summed E-state index contributed by atoms with van der Waals surface area (Å²) < 4.78 is 0. The predicted molar refractivity (Wildman–Crippen MR) is 47.5 cm³/mol. The summed E-state index contributed by atoms with van der Waals surface area (Å²) in [6.07, 6.45) is 2.43. The minimum absolute atomic E-state index is 0.802. The molecule has 1 rings (SSSR count). The Bertz CT molecular complexity index is 89.3. The molecule has 0 aliphatic carbocycles. The fourth-order valence-corrected chi connectivity index (χ4v) is 1.42. The summed E-state index contributed by atoms with van der Waals surface area (Å²) >= 11 is 0. The molecule has 1 saturated heterocycles. The molecule has 3 heteroatoms.